The maximum absolute atomic E-state index is 11.6. The summed E-state index contributed by atoms with van der Waals surface area (Å²) < 4.78 is 3.11. The summed E-state index contributed by atoms with van der Waals surface area (Å²) in [5.41, 5.74) is 0. The van der Waals surface area contributed by atoms with Gasteiger partial charge in [-0.1, -0.05) is 46.4 Å². The second-order valence-electron chi connectivity index (χ2n) is 5.18. The van der Waals surface area contributed by atoms with Crippen LogP contribution in [0.5, 0.6) is 0 Å². The molecule has 4 unspecified atom stereocenters. The van der Waals surface area contributed by atoms with Gasteiger partial charge in [0.15, 0.2) is 4.33 Å². The van der Waals surface area contributed by atoms with E-state index in [-0.39, 0.29) is 29.5 Å². The predicted octanol–water partition coefficient (Wildman–Crippen LogP) is 4.93. The largest absolute Gasteiger partial charge is 0.466 e. The van der Waals surface area contributed by atoms with Crippen LogP contribution in [0.3, 0.4) is 0 Å². The highest BCUT2D eigenvalue weighted by atomic mass is 35.5. The van der Waals surface area contributed by atoms with Crippen molar-refractivity contribution in [2.45, 2.75) is 33.8 Å². The van der Waals surface area contributed by atoms with E-state index in [9.17, 15) is 10.1 Å². The lowest BCUT2D eigenvalue weighted by atomic mass is 9.80. The molecule has 2 rings (SSSR count). The van der Waals surface area contributed by atoms with E-state index >= 15 is 0 Å². The van der Waals surface area contributed by atoms with Crippen LogP contribution in [0.4, 0.5) is 0 Å². The summed E-state index contributed by atoms with van der Waals surface area (Å²) in [6.45, 7) is 1.96. The molecule has 0 saturated heterocycles. The topological polar surface area (TPSA) is 50.1 Å². The van der Waals surface area contributed by atoms with E-state index in [2.05, 4.69) is 6.07 Å². The quantitative estimate of drug-likeness (QED) is 0.474. The Bertz CT molecular complexity index is 586. The number of rotatable bonds is 4. The highest BCUT2D eigenvalue weighted by Crippen LogP contribution is 2.76. The van der Waals surface area contributed by atoms with Gasteiger partial charge in [0.2, 0.25) is 0 Å². The smallest absolute Gasteiger partial charge is 0.305 e. The predicted molar refractivity (Wildman–Crippen MR) is 88.8 cm³/mol. The fourth-order valence-corrected chi connectivity index (χ4v) is 6.14. The van der Waals surface area contributed by atoms with Gasteiger partial charge in [-0.3, -0.25) is 4.79 Å². The number of hydrogen-bond donors (Lipinski definition) is 0. The number of hydrogen-bond acceptors (Lipinski definition) is 3. The third-order valence-corrected chi connectivity index (χ3v) is 8.50. The summed E-state index contributed by atoms with van der Waals surface area (Å²) >= 11 is 38.2. The molecule has 1 fully saturated rings. The number of carbonyl (C=O) groups is 1. The van der Waals surface area contributed by atoms with E-state index in [4.69, 9.17) is 74.3 Å². The van der Waals surface area contributed by atoms with Gasteiger partial charge in [-0.15, -0.1) is 23.2 Å². The summed E-state index contributed by atoms with van der Waals surface area (Å²) in [6, 6.07) is 2.06. The van der Waals surface area contributed by atoms with Gasteiger partial charge in [-0.25, -0.2) is 0 Å². The second kappa shape index (κ2) is 6.06. The highest BCUT2D eigenvalue weighted by molar-refractivity contribution is 6.65. The average molecular weight is 426 g/mol. The fraction of sp³-hybridized carbons (Fsp3) is 0.692. The second-order valence-corrected chi connectivity index (χ2v) is 8.46. The summed E-state index contributed by atoms with van der Waals surface area (Å²) in [5.74, 6) is -1.93. The van der Waals surface area contributed by atoms with Crippen LogP contribution in [0.15, 0.2) is 10.1 Å². The molecule has 0 aromatic rings. The number of nitriles is 1. The van der Waals surface area contributed by atoms with Crippen molar-refractivity contribution in [1.29, 1.82) is 5.26 Å². The number of allylic oxidation sites excluding steroid dienone is 2. The van der Waals surface area contributed by atoms with Crippen LogP contribution < -0.4 is 0 Å². The Kier molecular flexibility index (Phi) is 5.17. The number of alkyl halides is 4. The van der Waals surface area contributed by atoms with E-state index in [0.29, 0.717) is 0 Å². The summed E-state index contributed by atoms with van der Waals surface area (Å²) in [7, 11) is 0. The van der Waals surface area contributed by atoms with Crippen LogP contribution in [-0.4, -0.2) is 26.7 Å². The van der Waals surface area contributed by atoms with Crippen molar-refractivity contribution in [3.8, 4) is 6.07 Å². The highest BCUT2D eigenvalue weighted by Gasteiger charge is 2.82. The molecule has 2 aliphatic rings. The maximum Gasteiger partial charge on any atom is 0.305 e. The molecule has 0 aliphatic heterocycles. The summed E-state index contributed by atoms with van der Waals surface area (Å²) in [6.07, 6.45) is 0.250. The van der Waals surface area contributed by atoms with Crippen molar-refractivity contribution >= 4 is 75.6 Å². The first-order valence-corrected chi connectivity index (χ1v) is 8.74. The molecule has 0 aromatic carbocycles. The molecule has 0 heterocycles. The van der Waals surface area contributed by atoms with Gasteiger partial charge in [0, 0.05) is 12.3 Å². The fourth-order valence-electron chi connectivity index (χ4n) is 3.15. The lowest BCUT2D eigenvalue weighted by Crippen LogP contribution is -2.44. The molecule has 0 spiro atoms. The molecule has 22 heavy (non-hydrogen) atoms. The zero-order chi connectivity index (χ0) is 16.9. The first-order valence-electron chi connectivity index (χ1n) is 6.47. The van der Waals surface area contributed by atoms with Crippen LogP contribution in [0.25, 0.3) is 0 Å². The minimum absolute atomic E-state index is 0.0187. The summed E-state index contributed by atoms with van der Waals surface area (Å²) in [4.78, 5) is 8.44. The van der Waals surface area contributed by atoms with Gasteiger partial charge >= 0.3 is 5.97 Å². The third-order valence-electron chi connectivity index (χ3n) is 4.19. The molecule has 0 radical (unpaired) electrons. The summed E-state index contributed by atoms with van der Waals surface area (Å²) in [5, 5.41) is 9.50. The Balaban J connectivity index is 2.41. The molecule has 122 valence electrons. The van der Waals surface area contributed by atoms with E-state index in [1.165, 1.54) is 0 Å². The number of fused-ring (bicyclic) bond motifs is 2. The Morgan fingerprint density at radius 3 is 2.27 bits per heavy atom. The Labute approximate surface area is 158 Å². The zero-order valence-corrected chi connectivity index (χ0v) is 15.8. The minimum Gasteiger partial charge on any atom is -0.466 e. The van der Waals surface area contributed by atoms with Gasteiger partial charge in [-0.05, 0) is 13.3 Å². The van der Waals surface area contributed by atoms with E-state index in [0.717, 1.165) is 0 Å². The van der Waals surface area contributed by atoms with Crippen LogP contribution >= 0.6 is 69.6 Å². The maximum atomic E-state index is 11.6. The SMILES string of the molecule is CCOC(=O)CCC1C(C#N)C2(Cl)C(Cl)=C(Cl)C1(Cl)C2(Cl)Cl. The van der Waals surface area contributed by atoms with Gasteiger partial charge < -0.3 is 4.74 Å². The average Bonchev–Trinajstić information content (AvgIpc) is 2.65. The molecule has 0 amide bonds. The molecule has 1 saturated carbocycles. The minimum atomic E-state index is -1.77. The molecular formula is C13H11Cl6NO2. The number of halogens is 6. The third kappa shape index (κ3) is 2.11. The molecule has 9 heteroatoms. The normalized spacial score (nSPS) is 39.0. The first kappa shape index (κ1) is 18.8. The lowest BCUT2D eigenvalue weighted by molar-refractivity contribution is -0.143. The number of nitrogens with zero attached hydrogens (tertiary/aromatic N) is 1. The Morgan fingerprint density at radius 2 is 1.77 bits per heavy atom. The van der Waals surface area contributed by atoms with Gasteiger partial charge in [0.05, 0.1) is 28.7 Å². The zero-order valence-electron chi connectivity index (χ0n) is 11.3. The molecule has 0 aromatic heterocycles. The van der Waals surface area contributed by atoms with E-state index in [1.807, 2.05) is 0 Å². The number of carbonyl (C=O) groups excluding carboxylic acids is 1. The van der Waals surface area contributed by atoms with Crippen LogP contribution in [0.2, 0.25) is 0 Å². The van der Waals surface area contributed by atoms with Gasteiger partial charge in [0.25, 0.3) is 0 Å². The molecule has 2 bridgehead atoms. The number of ether oxygens (including phenoxy) is 1. The van der Waals surface area contributed by atoms with Crippen LogP contribution in [-0.2, 0) is 9.53 Å². The van der Waals surface area contributed by atoms with Crippen molar-refractivity contribution in [3.05, 3.63) is 10.1 Å². The lowest BCUT2D eigenvalue weighted by Gasteiger charge is -2.33. The van der Waals surface area contributed by atoms with Crippen molar-refractivity contribution in [2.75, 3.05) is 6.61 Å². The van der Waals surface area contributed by atoms with Gasteiger partial charge in [-0.2, -0.15) is 5.26 Å². The number of esters is 1. The molecule has 0 N–H and O–H groups in total. The van der Waals surface area contributed by atoms with Crippen molar-refractivity contribution < 1.29 is 9.53 Å². The van der Waals surface area contributed by atoms with Crippen molar-refractivity contribution in [2.24, 2.45) is 11.8 Å². The molecule has 3 nitrogen and oxygen atoms in total. The van der Waals surface area contributed by atoms with Gasteiger partial charge in [0.1, 0.15) is 9.75 Å². The van der Waals surface area contributed by atoms with Crippen molar-refractivity contribution in [1.82, 2.24) is 0 Å². The van der Waals surface area contributed by atoms with E-state index in [1.54, 1.807) is 6.92 Å². The van der Waals surface area contributed by atoms with E-state index < -0.39 is 31.9 Å². The van der Waals surface area contributed by atoms with Crippen molar-refractivity contribution in [3.63, 3.8) is 0 Å². The Morgan fingerprint density at radius 1 is 1.23 bits per heavy atom. The van der Waals surface area contributed by atoms with Crippen LogP contribution in [0, 0.1) is 23.2 Å². The molecular weight excluding hydrogens is 415 g/mol. The first-order chi connectivity index (χ1) is 10.1. The Hall–Kier alpha value is 0.440. The van der Waals surface area contributed by atoms with Crippen LogP contribution in [0.1, 0.15) is 19.8 Å². The molecule has 2 aliphatic carbocycles. The monoisotopic (exact) mass is 423 g/mol. The standard InChI is InChI=1S/C13H11Cl6NO2/c1-2-22-8(21)4-3-6-7(5-20)12(17)10(15)9(14)11(6,16)13(12,18)19/h6-7H,2-4H2,1H3. The molecule has 4 atom stereocenters.